The summed E-state index contributed by atoms with van der Waals surface area (Å²) in [7, 11) is 0. The van der Waals surface area contributed by atoms with Crippen molar-refractivity contribution in [2.75, 3.05) is 19.6 Å². The molecule has 10 unspecified atom stereocenters. The molecule has 5 aliphatic carbocycles. The van der Waals surface area contributed by atoms with Gasteiger partial charge in [0.05, 0.1) is 0 Å². The first kappa shape index (κ1) is 66.2. The Balaban J connectivity index is 0.000000591. The molecule has 1 heterocycles. The number of fused-ring (bicyclic) bond motifs is 6. The average molecular weight is 982 g/mol. The molecule has 1 aromatic rings. The second-order valence-electron chi connectivity index (χ2n) is 21.6. The second kappa shape index (κ2) is 34.6. The number of benzene rings is 1. The van der Waals surface area contributed by atoms with E-state index in [1.807, 2.05) is 135 Å². The van der Waals surface area contributed by atoms with Gasteiger partial charge in [0.15, 0.2) is 5.78 Å². The molecule has 7 rings (SSSR count). The summed E-state index contributed by atoms with van der Waals surface area (Å²) in [5.41, 5.74) is 16.0. The van der Waals surface area contributed by atoms with Gasteiger partial charge in [0, 0.05) is 29.6 Å². The summed E-state index contributed by atoms with van der Waals surface area (Å²) in [6, 6.07) is 8.67. The van der Waals surface area contributed by atoms with E-state index in [0.717, 1.165) is 97.1 Å². The van der Waals surface area contributed by atoms with E-state index in [1.54, 1.807) is 0 Å². The van der Waals surface area contributed by atoms with Gasteiger partial charge in [-0.1, -0.05) is 194 Å². The Morgan fingerprint density at radius 2 is 1.55 bits per heavy atom. The molecule has 1 spiro atoms. The summed E-state index contributed by atoms with van der Waals surface area (Å²) in [4.78, 5) is 25.3. The van der Waals surface area contributed by atoms with Crippen LogP contribution in [0.1, 0.15) is 250 Å². The molecule has 1 aliphatic heterocycles. The van der Waals surface area contributed by atoms with Crippen LogP contribution in [0.25, 0.3) is 5.57 Å². The number of rotatable bonds is 14. The summed E-state index contributed by atoms with van der Waals surface area (Å²) in [5.74, 6) is 6.73. The molecular weight excluding hydrogens is 865 g/mol. The molecule has 71 heavy (non-hydrogen) atoms. The highest BCUT2D eigenvalue weighted by Crippen LogP contribution is 2.68. The molecule has 4 heteroatoms. The van der Waals surface area contributed by atoms with E-state index >= 15 is 0 Å². The first-order valence-corrected chi connectivity index (χ1v) is 30.2. The van der Waals surface area contributed by atoms with E-state index in [1.165, 1.54) is 101 Å². The number of Topliss-reactive ketones (excluding diaryl/α,β-unsaturated/α-hetero) is 1. The van der Waals surface area contributed by atoms with Crippen LogP contribution in [-0.2, 0) is 4.79 Å². The van der Waals surface area contributed by atoms with Crippen molar-refractivity contribution < 1.29 is 9.59 Å². The van der Waals surface area contributed by atoms with Gasteiger partial charge in [0.2, 0.25) is 0 Å². The summed E-state index contributed by atoms with van der Waals surface area (Å²) >= 11 is 0. The summed E-state index contributed by atoms with van der Waals surface area (Å²) in [5, 5.41) is 0. The van der Waals surface area contributed by atoms with Crippen molar-refractivity contribution in [1.29, 1.82) is 0 Å². The number of likely N-dealkylation sites (tertiary alicyclic amines) is 1. The summed E-state index contributed by atoms with van der Waals surface area (Å²) in [6.07, 6.45) is 33.0. The summed E-state index contributed by atoms with van der Waals surface area (Å²) < 4.78 is 0. The molecule has 1 saturated heterocycles. The van der Waals surface area contributed by atoms with Crippen LogP contribution in [0.4, 0.5) is 0 Å². The van der Waals surface area contributed by atoms with Crippen molar-refractivity contribution in [3.8, 4) is 0 Å². The third kappa shape index (κ3) is 16.8. The number of nitrogens with zero attached hydrogens (tertiary/aromatic N) is 1. The van der Waals surface area contributed by atoms with Crippen molar-refractivity contribution in [2.24, 2.45) is 63.9 Å². The maximum Gasteiger partial charge on any atom is 0.192 e. The topological polar surface area (TPSA) is 63.4 Å². The number of allylic oxidation sites excluding steroid dienone is 10. The van der Waals surface area contributed by atoms with E-state index < -0.39 is 0 Å². The molecule has 4 fully saturated rings. The van der Waals surface area contributed by atoms with E-state index in [9.17, 15) is 9.59 Å². The van der Waals surface area contributed by atoms with Crippen LogP contribution in [0.15, 0.2) is 76.9 Å². The first-order valence-electron chi connectivity index (χ1n) is 30.2. The van der Waals surface area contributed by atoms with Crippen molar-refractivity contribution >= 4 is 17.6 Å². The Hall–Kier alpha value is -2.82. The number of ketones is 1. The van der Waals surface area contributed by atoms with Crippen LogP contribution >= 0.6 is 0 Å². The summed E-state index contributed by atoms with van der Waals surface area (Å²) in [6.45, 7) is 44.7. The number of piperidine rings is 1. The molecule has 0 amide bonds. The zero-order chi connectivity index (χ0) is 53.9. The van der Waals surface area contributed by atoms with E-state index in [0.29, 0.717) is 10.8 Å². The van der Waals surface area contributed by atoms with E-state index in [-0.39, 0.29) is 11.7 Å². The SMILES string of the molecule is C/C=C\C(=C/C)C(=O)c1ccc(C(C)=CCC)cc1.CC.CC.CC.CC.CC(C=O)CCCCN.CCCC1CCC2(C)C(=CCC3C4CCC5(CC6CC(C)CN(CCC)C6[C@H]5C)C(C)=C4CC32)C1. The highest BCUT2D eigenvalue weighted by molar-refractivity contribution is 6.10. The first-order chi connectivity index (χ1) is 34.3. The van der Waals surface area contributed by atoms with Crippen LogP contribution in [0.3, 0.4) is 0 Å². The minimum atomic E-state index is 0.0734. The fourth-order valence-electron chi connectivity index (χ4n) is 14.3. The van der Waals surface area contributed by atoms with Crippen LogP contribution in [0.5, 0.6) is 0 Å². The lowest BCUT2D eigenvalue weighted by atomic mass is 9.55. The molecule has 2 N–H and O–H groups in total. The number of unbranched alkanes of at least 4 members (excludes halogenated alkanes) is 1. The van der Waals surface area contributed by atoms with Gasteiger partial charge in [-0.2, -0.15) is 0 Å². The van der Waals surface area contributed by atoms with Crippen LogP contribution in [0.2, 0.25) is 0 Å². The minimum absolute atomic E-state index is 0.0734. The Labute approximate surface area is 442 Å². The number of nitrogens with two attached hydrogens (primary N) is 1. The van der Waals surface area contributed by atoms with Gasteiger partial charge in [-0.3, -0.25) is 9.69 Å². The third-order valence-electron chi connectivity index (χ3n) is 17.6. The van der Waals surface area contributed by atoms with Gasteiger partial charge < -0.3 is 10.5 Å². The molecule has 1 aromatic carbocycles. The quantitative estimate of drug-likeness (QED) is 0.0504. The Morgan fingerprint density at radius 3 is 2.11 bits per heavy atom. The van der Waals surface area contributed by atoms with Crippen molar-refractivity contribution in [3.05, 3.63) is 88.1 Å². The highest BCUT2D eigenvalue weighted by Gasteiger charge is 2.60. The number of aldehydes is 1. The van der Waals surface area contributed by atoms with Gasteiger partial charge in [-0.05, 0) is 188 Å². The van der Waals surface area contributed by atoms with Crippen LogP contribution < -0.4 is 5.73 Å². The molecule has 6 aliphatic rings. The zero-order valence-electron chi connectivity index (χ0n) is 50.2. The normalized spacial score (nSPS) is 29.9. The Morgan fingerprint density at radius 1 is 0.901 bits per heavy atom. The minimum Gasteiger partial charge on any atom is -0.330 e. The molecular formula is C67H116N2O2. The Kier molecular flexibility index (Phi) is 32.3. The maximum atomic E-state index is 12.2. The van der Waals surface area contributed by atoms with Gasteiger partial charge in [-0.25, -0.2) is 0 Å². The average Bonchev–Trinajstić information content (AvgIpc) is 3.93. The standard InChI is InChI=1S/C34H55N.C18H22O.C7H15NO.4C2H6/c1-7-9-25-12-14-33(6)27(18-25)10-11-29-28-13-15-34(23(4)30(28)19-31(29)33)20-26-17-22(3)21-35(16-8-2)32(26)24(34)5;1-5-8-14(4)16-10-12-17(13-11-16)18(19)15(7-3)9-6-2;1-7(6-9)4-2-3-5-8;4*1-2/h10,22,24-26,28-29,31-32H,7-9,11-21H2,1-6H3;6-13H,5H2,1-4H3;6-7H,2-5,8H2,1H3;4*1-2H3/b;9-6-,14-8?,15-7+;;;;;/t22?,24-,25?,26?,28?,29?,31?,32?,33?,34?;;;;;;/m1....../s1. The molecule has 11 atom stereocenters. The van der Waals surface area contributed by atoms with Gasteiger partial charge >= 0.3 is 0 Å². The molecule has 0 radical (unpaired) electrons. The lowest BCUT2D eigenvalue weighted by Crippen LogP contribution is -2.49. The van der Waals surface area contributed by atoms with Crippen LogP contribution in [-0.4, -0.2) is 42.6 Å². The van der Waals surface area contributed by atoms with Gasteiger partial charge in [-0.15, -0.1) is 0 Å². The number of carbonyl (C=O) groups excluding carboxylic acids is 2. The number of hydrogen-bond donors (Lipinski definition) is 1. The van der Waals surface area contributed by atoms with Gasteiger partial charge in [0.25, 0.3) is 0 Å². The predicted molar refractivity (Wildman–Crippen MR) is 316 cm³/mol. The predicted octanol–water partition coefficient (Wildman–Crippen LogP) is 19.3. The monoisotopic (exact) mass is 981 g/mol. The van der Waals surface area contributed by atoms with Crippen LogP contribution in [0, 0.1) is 58.2 Å². The van der Waals surface area contributed by atoms with E-state index in [2.05, 4.69) is 72.4 Å². The smallest absolute Gasteiger partial charge is 0.192 e. The fraction of sp³-hybridized carbons (Fsp3) is 0.731. The molecule has 0 bridgehead atoms. The molecule has 406 valence electrons. The number of hydrogen-bond acceptors (Lipinski definition) is 4. The fourth-order valence-corrected chi connectivity index (χ4v) is 14.3. The van der Waals surface area contributed by atoms with E-state index in [4.69, 9.17) is 5.73 Å². The Bertz CT molecular complexity index is 1810. The molecule has 3 saturated carbocycles. The van der Waals surface area contributed by atoms with Gasteiger partial charge in [0.1, 0.15) is 6.29 Å². The van der Waals surface area contributed by atoms with Crippen molar-refractivity contribution in [3.63, 3.8) is 0 Å². The van der Waals surface area contributed by atoms with Crippen molar-refractivity contribution in [1.82, 2.24) is 4.90 Å². The van der Waals surface area contributed by atoms with Crippen molar-refractivity contribution in [2.45, 2.75) is 240 Å². The largest absolute Gasteiger partial charge is 0.330 e. The third-order valence-corrected chi connectivity index (χ3v) is 17.6. The lowest BCUT2D eigenvalue weighted by molar-refractivity contribution is -0.110. The highest BCUT2D eigenvalue weighted by atomic mass is 16.1. The molecule has 0 aromatic heterocycles. The number of carbonyl (C=O) groups is 2. The lowest BCUT2D eigenvalue weighted by Gasteiger charge is -2.50. The maximum absolute atomic E-state index is 12.2. The zero-order valence-corrected chi connectivity index (χ0v) is 50.2. The molecule has 4 nitrogen and oxygen atoms in total. The second-order valence-corrected chi connectivity index (χ2v) is 21.6.